The summed E-state index contributed by atoms with van der Waals surface area (Å²) in [5.74, 6) is 2.31. The number of fused-ring (bicyclic) bond motifs is 3. The van der Waals surface area contributed by atoms with Gasteiger partial charge in [0.2, 0.25) is 0 Å². The van der Waals surface area contributed by atoms with Gasteiger partial charge in [-0.2, -0.15) is 12.7 Å². The predicted molar refractivity (Wildman–Crippen MR) is 98.1 cm³/mol. The second-order valence-corrected chi connectivity index (χ2v) is 8.27. The number of para-hydroxylation sites is 3. The molecule has 3 heterocycles. The van der Waals surface area contributed by atoms with E-state index in [0.29, 0.717) is 26.2 Å². The Morgan fingerprint density at radius 2 is 1.81 bits per heavy atom. The summed E-state index contributed by atoms with van der Waals surface area (Å²) in [4.78, 5) is 7.04. The van der Waals surface area contributed by atoms with Crippen molar-refractivity contribution in [3.05, 3.63) is 54.1 Å². The van der Waals surface area contributed by atoms with E-state index in [-0.39, 0.29) is 6.04 Å². The lowest BCUT2D eigenvalue weighted by molar-refractivity contribution is 0.214. The van der Waals surface area contributed by atoms with Gasteiger partial charge in [0.25, 0.3) is 10.2 Å². The van der Waals surface area contributed by atoms with Gasteiger partial charge in [-0.1, -0.05) is 24.3 Å². The lowest BCUT2D eigenvalue weighted by atomic mass is 10.1. The first-order valence-corrected chi connectivity index (χ1v) is 10.0. The molecule has 1 atom stereocenters. The molecule has 0 saturated carbocycles. The Hall–Kier alpha value is -2.42. The van der Waals surface area contributed by atoms with Gasteiger partial charge in [0.05, 0.1) is 11.6 Å². The first-order chi connectivity index (χ1) is 12.6. The Morgan fingerprint density at radius 3 is 2.69 bits per heavy atom. The molecule has 134 valence electrons. The minimum Gasteiger partial charge on any atom is -0.454 e. The molecule has 8 heteroatoms. The van der Waals surface area contributed by atoms with Crippen molar-refractivity contribution in [1.29, 1.82) is 0 Å². The first kappa shape index (κ1) is 15.8. The van der Waals surface area contributed by atoms with Crippen LogP contribution < -0.4 is 9.46 Å². The number of rotatable bonds is 0. The molecule has 1 N–H and O–H groups in total. The molecule has 26 heavy (non-hydrogen) atoms. The van der Waals surface area contributed by atoms with E-state index >= 15 is 0 Å². The molecule has 3 aliphatic heterocycles. The van der Waals surface area contributed by atoms with Crippen LogP contribution in [0.2, 0.25) is 0 Å². The number of nitrogens with zero attached hydrogens (tertiary/aromatic N) is 3. The van der Waals surface area contributed by atoms with Crippen LogP contribution in [0.25, 0.3) is 0 Å². The monoisotopic (exact) mass is 370 g/mol. The molecule has 0 bridgehead atoms. The summed E-state index contributed by atoms with van der Waals surface area (Å²) in [6.45, 7) is 2.07. The third-order valence-electron chi connectivity index (χ3n) is 4.98. The van der Waals surface area contributed by atoms with Gasteiger partial charge in [0.15, 0.2) is 5.75 Å². The maximum absolute atomic E-state index is 12.0. The maximum atomic E-state index is 12.0. The summed E-state index contributed by atoms with van der Waals surface area (Å²) in [6.07, 6.45) is 0. The highest BCUT2D eigenvalue weighted by Gasteiger charge is 2.41. The molecule has 2 aromatic carbocycles. The summed E-state index contributed by atoms with van der Waals surface area (Å²) < 4.78 is 34.3. The normalized spacial score (nSPS) is 23.9. The van der Waals surface area contributed by atoms with Crippen molar-refractivity contribution in [3.63, 3.8) is 0 Å². The minimum absolute atomic E-state index is 0.0805. The SMILES string of the molecule is O=S1(=O)NCC2CN(C3=Nc4ccccc4Oc4ccccc43)CCN21. The Morgan fingerprint density at radius 1 is 1.04 bits per heavy atom. The van der Waals surface area contributed by atoms with Crippen molar-refractivity contribution in [3.8, 4) is 11.5 Å². The van der Waals surface area contributed by atoms with Gasteiger partial charge >= 0.3 is 0 Å². The molecule has 3 aliphatic rings. The van der Waals surface area contributed by atoms with E-state index in [0.717, 1.165) is 28.6 Å². The van der Waals surface area contributed by atoms with Crippen molar-refractivity contribution in [2.75, 3.05) is 26.2 Å². The number of ether oxygens (including phenoxy) is 1. The highest BCUT2D eigenvalue weighted by Crippen LogP contribution is 2.38. The highest BCUT2D eigenvalue weighted by atomic mass is 32.2. The summed E-state index contributed by atoms with van der Waals surface area (Å²) in [7, 11) is -3.33. The van der Waals surface area contributed by atoms with Crippen LogP contribution in [-0.4, -0.2) is 55.7 Å². The van der Waals surface area contributed by atoms with Gasteiger partial charge < -0.3 is 9.64 Å². The van der Waals surface area contributed by atoms with Crippen LogP contribution in [0.1, 0.15) is 5.56 Å². The van der Waals surface area contributed by atoms with Gasteiger partial charge in [0, 0.05) is 26.2 Å². The smallest absolute Gasteiger partial charge is 0.279 e. The van der Waals surface area contributed by atoms with Crippen LogP contribution in [-0.2, 0) is 10.2 Å². The maximum Gasteiger partial charge on any atom is 0.279 e. The second-order valence-electron chi connectivity index (χ2n) is 6.57. The zero-order chi connectivity index (χ0) is 17.7. The quantitative estimate of drug-likeness (QED) is 0.766. The molecule has 2 aromatic rings. The molecule has 2 saturated heterocycles. The summed E-state index contributed by atoms with van der Waals surface area (Å²) in [5, 5.41) is 0. The number of aliphatic imine (C=N–C) groups is 1. The van der Waals surface area contributed by atoms with Crippen LogP contribution in [0.3, 0.4) is 0 Å². The molecular weight excluding hydrogens is 352 g/mol. The van der Waals surface area contributed by atoms with Crippen LogP contribution in [0.4, 0.5) is 5.69 Å². The second kappa shape index (κ2) is 5.80. The fraction of sp³-hybridized carbons (Fsp3) is 0.278. The van der Waals surface area contributed by atoms with E-state index < -0.39 is 10.2 Å². The molecule has 0 spiro atoms. The molecule has 7 nitrogen and oxygen atoms in total. The third kappa shape index (κ3) is 2.49. The summed E-state index contributed by atoms with van der Waals surface area (Å²) in [6, 6.07) is 15.5. The molecule has 5 rings (SSSR count). The number of benzene rings is 2. The van der Waals surface area contributed by atoms with Crippen LogP contribution in [0, 0.1) is 0 Å². The highest BCUT2D eigenvalue weighted by molar-refractivity contribution is 7.87. The zero-order valence-electron chi connectivity index (χ0n) is 14.0. The van der Waals surface area contributed by atoms with E-state index in [1.54, 1.807) is 4.31 Å². The molecular formula is C18H18N4O3S. The van der Waals surface area contributed by atoms with Crippen molar-refractivity contribution < 1.29 is 13.2 Å². The Bertz CT molecular complexity index is 1010. The minimum atomic E-state index is -3.33. The number of nitrogens with one attached hydrogen (secondary N) is 1. The van der Waals surface area contributed by atoms with Gasteiger partial charge in [-0.15, -0.1) is 0 Å². The van der Waals surface area contributed by atoms with Gasteiger partial charge in [0.1, 0.15) is 17.3 Å². The lowest BCUT2D eigenvalue weighted by Gasteiger charge is -2.37. The van der Waals surface area contributed by atoms with Crippen molar-refractivity contribution in [2.45, 2.75) is 6.04 Å². The number of hydrogen-bond donors (Lipinski definition) is 1. The zero-order valence-corrected chi connectivity index (χ0v) is 14.8. The average molecular weight is 370 g/mol. The number of amidine groups is 1. The van der Waals surface area contributed by atoms with E-state index in [4.69, 9.17) is 9.73 Å². The Kier molecular flexibility index (Phi) is 3.53. The van der Waals surface area contributed by atoms with Gasteiger partial charge in [-0.3, -0.25) is 0 Å². The molecule has 0 radical (unpaired) electrons. The molecule has 0 aliphatic carbocycles. The van der Waals surface area contributed by atoms with E-state index in [1.165, 1.54) is 0 Å². The van der Waals surface area contributed by atoms with Crippen molar-refractivity contribution in [1.82, 2.24) is 13.9 Å². The predicted octanol–water partition coefficient (Wildman–Crippen LogP) is 1.70. The third-order valence-corrected chi connectivity index (χ3v) is 6.61. The largest absolute Gasteiger partial charge is 0.454 e. The first-order valence-electron chi connectivity index (χ1n) is 8.58. The Labute approximate surface area is 152 Å². The number of hydrogen-bond acceptors (Lipinski definition) is 5. The summed E-state index contributed by atoms with van der Waals surface area (Å²) >= 11 is 0. The van der Waals surface area contributed by atoms with Crippen molar-refractivity contribution in [2.24, 2.45) is 4.99 Å². The topological polar surface area (TPSA) is 74.2 Å². The fourth-order valence-electron chi connectivity index (χ4n) is 3.71. The lowest BCUT2D eigenvalue weighted by Crippen LogP contribution is -2.54. The average Bonchev–Trinajstić information content (AvgIpc) is 2.86. The molecule has 0 amide bonds. The van der Waals surface area contributed by atoms with Gasteiger partial charge in [-0.25, -0.2) is 9.71 Å². The standard InChI is InChI=1S/C18H18N4O3S/c23-26(24)19-11-13-12-21(9-10-22(13)26)18-14-5-1-3-7-16(14)25-17-8-4-2-6-15(17)20-18/h1-8,13,19H,9-12H2. The fourth-order valence-corrected chi connectivity index (χ4v) is 5.13. The molecule has 2 fully saturated rings. The van der Waals surface area contributed by atoms with E-state index in [1.807, 2.05) is 48.5 Å². The molecule has 0 aromatic heterocycles. The van der Waals surface area contributed by atoms with Crippen molar-refractivity contribution >= 4 is 21.7 Å². The Balaban J connectivity index is 1.56. The van der Waals surface area contributed by atoms with Crippen LogP contribution in [0.15, 0.2) is 53.5 Å². The van der Waals surface area contributed by atoms with E-state index in [2.05, 4.69) is 9.62 Å². The summed E-state index contributed by atoms with van der Waals surface area (Å²) in [5.41, 5.74) is 1.70. The molecule has 1 unspecified atom stereocenters. The number of piperazine rings is 1. The van der Waals surface area contributed by atoms with E-state index in [9.17, 15) is 8.42 Å². The van der Waals surface area contributed by atoms with Crippen LogP contribution >= 0.6 is 0 Å². The van der Waals surface area contributed by atoms with Gasteiger partial charge in [-0.05, 0) is 24.3 Å². The van der Waals surface area contributed by atoms with Crippen LogP contribution in [0.5, 0.6) is 11.5 Å².